The molecule has 0 aromatic heterocycles. The molecule has 3 fully saturated rings. The van der Waals surface area contributed by atoms with Gasteiger partial charge in [-0.3, -0.25) is 4.79 Å². The fraction of sp³-hybridized carbons (Fsp3) is 0.636. The molecule has 3 amide bonds. The zero-order valence-corrected chi connectivity index (χ0v) is 17.7. The van der Waals surface area contributed by atoms with E-state index in [1.807, 2.05) is 28.0 Å². The summed E-state index contributed by atoms with van der Waals surface area (Å²) in [6.07, 6.45) is 6.34. The molecular formula is C22H31ClN4O2. The Morgan fingerprint density at radius 3 is 2.41 bits per heavy atom. The molecule has 0 bridgehead atoms. The Kier molecular flexibility index (Phi) is 6.48. The number of benzene rings is 1. The number of nitrogens with one attached hydrogen (secondary N) is 1. The van der Waals surface area contributed by atoms with E-state index in [9.17, 15) is 9.59 Å². The molecule has 1 saturated carbocycles. The molecule has 2 saturated heterocycles. The molecule has 2 heterocycles. The molecular weight excluding hydrogens is 388 g/mol. The van der Waals surface area contributed by atoms with E-state index < -0.39 is 0 Å². The van der Waals surface area contributed by atoms with Gasteiger partial charge in [0.2, 0.25) is 5.91 Å². The third kappa shape index (κ3) is 4.97. The Hall–Kier alpha value is -1.95. The number of carbonyl (C=O) groups excluding carboxylic acids is 2. The molecule has 2 aliphatic heterocycles. The van der Waals surface area contributed by atoms with Crippen LogP contribution >= 0.6 is 11.6 Å². The van der Waals surface area contributed by atoms with E-state index in [2.05, 4.69) is 16.3 Å². The van der Waals surface area contributed by atoms with E-state index in [-0.39, 0.29) is 17.9 Å². The van der Waals surface area contributed by atoms with Gasteiger partial charge in [-0.05, 0) is 43.9 Å². The maximum Gasteiger partial charge on any atom is 0.317 e. The molecule has 1 aromatic carbocycles. The summed E-state index contributed by atoms with van der Waals surface area (Å²) in [6, 6.07) is 8.20. The van der Waals surface area contributed by atoms with Crippen molar-refractivity contribution in [2.24, 2.45) is 5.92 Å². The Morgan fingerprint density at radius 1 is 0.931 bits per heavy atom. The molecule has 0 radical (unpaired) electrons. The van der Waals surface area contributed by atoms with E-state index in [0.717, 1.165) is 69.1 Å². The highest BCUT2D eigenvalue weighted by atomic mass is 35.5. The van der Waals surface area contributed by atoms with Crippen molar-refractivity contribution in [2.45, 2.75) is 44.6 Å². The van der Waals surface area contributed by atoms with Crippen molar-refractivity contribution < 1.29 is 9.59 Å². The van der Waals surface area contributed by atoms with Crippen LogP contribution in [0.1, 0.15) is 38.5 Å². The van der Waals surface area contributed by atoms with Gasteiger partial charge in [0.05, 0.1) is 5.92 Å². The van der Waals surface area contributed by atoms with Crippen molar-refractivity contribution in [3.63, 3.8) is 0 Å². The summed E-state index contributed by atoms with van der Waals surface area (Å²) in [4.78, 5) is 31.8. The smallest absolute Gasteiger partial charge is 0.317 e. The van der Waals surface area contributed by atoms with E-state index in [1.54, 1.807) is 0 Å². The topological polar surface area (TPSA) is 55.9 Å². The minimum Gasteiger partial charge on any atom is -0.368 e. The minimum absolute atomic E-state index is 0.0141. The second-order valence-electron chi connectivity index (χ2n) is 8.51. The van der Waals surface area contributed by atoms with Crippen LogP contribution in [0.2, 0.25) is 5.02 Å². The summed E-state index contributed by atoms with van der Waals surface area (Å²) < 4.78 is 0. The molecule has 1 unspecified atom stereocenters. The number of nitrogens with zero attached hydrogens (tertiary/aromatic N) is 3. The van der Waals surface area contributed by atoms with Gasteiger partial charge < -0.3 is 20.0 Å². The number of hydrogen-bond acceptors (Lipinski definition) is 3. The van der Waals surface area contributed by atoms with E-state index in [4.69, 9.17) is 11.6 Å². The van der Waals surface area contributed by atoms with Crippen LogP contribution in [0.5, 0.6) is 0 Å². The first kappa shape index (κ1) is 20.3. The molecule has 0 spiro atoms. The van der Waals surface area contributed by atoms with Gasteiger partial charge in [-0.15, -0.1) is 0 Å². The van der Waals surface area contributed by atoms with E-state index in [0.29, 0.717) is 12.6 Å². The van der Waals surface area contributed by atoms with Gasteiger partial charge >= 0.3 is 6.03 Å². The van der Waals surface area contributed by atoms with Crippen molar-refractivity contribution in [3.05, 3.63) is 29.3 Å². The van der Waals surface area contributed by atoms with Crippen LogP contribution in [0.4, 0.5) is 10.5 Å². The maximum atomic E-state index is 13.1. The Bertz CT molecular complexity index is 729. The van der Waals surface area contributed by atoms with Crippen molar-refractivity contribution in [1.29, 1.82) is 0 Å². The molecule has 1 aromatic rings. The van der Waals surface area contributed by atoms with Crippen LogP contribution in [-0.4, -0.2) is 67.0 Å². The SMILES string of the molecule is O=C(NC1CCCC1)N1CCCC(C(=O)N2CCN(c3cccc(Cl)c3)CC2)C1. The first-order valence-electron chi connectivity index (χ1n) is 10.9. The average molecular weight is 419 g/mol. The molecule has 158 valence electrons. The summed E-state index contributed by atoms with van der Waals surface area (Å²) in [5, 5.41) is 3.90. The summed E-state index contributed by atoms with van der Waals surface area (Å²) in [7, 11) is 0. The van der Waals surface area contributed by atoms with Gasteiger partial charge in [0.1, 0.15) is 0 Å². The van der Waals surface area contributed by atoms with Crippen molar-refractivity contribution in [3.8, 4) is 0 Å². The lowest BCUT2D eigenvalue weighted by Gasteiger charge is -2.40. The van der Waals surface area contributed by atoms with Crippen LogP contribution < -0.4 is 10.2 Å². The Morgan fingerprint density at radius 2 is 1.69 bits per heavy atom. The second kappa shape index (κ2) is 9.24. The predicted octanol–water partition coefficient (Wildman–Crippen LogP) is 3.35. The number of halogens is 1. The largest absolute Gasteiger partial charge is 0.368 e. The van der Waals surface area contributed by atoms with Gasteiger partial charge in [0.15, 0.2) is 0 Å². The normalized spacial score (nSPS) is 23.3. The Labute approximate surface area is 178 Å². The molecule has 3 aliphatic rings. The highest BCUT2D eigenvalue weighted by molar-refractivity contribution is 6.30. The first-order chi connectivity index (χ1) is 14.1. The van der Waals surface area contributed by atoms with Gasteiger partial charge in [-0.2, -0.15) is 0 Å². The number of rotatable bonds is 3. The highest BCUT2D eigenvalue weighted by Crippen LogP contribution is 2.24. The number of likely N-dealkylation sites (tertiary alicyclic amines) is 1. The standard InChI is InChI=1S/C22H31ClN4O2/c23-18-6-3-9-20(15-18)25-11-13-26(14-12-25)21(28)17-5-4-10-27(16-17)22(29)24-19-7-1-2-8-19/h3,6,9,15,17,19H,1-2,4-5,7-8,10-14,16H2,(H,24,29). The molecule has 1 aliphatic carbocycles. The summed E-state index contributed by atoms with van der Waals surface area (Å²) in [5.41, 5.74) is 1.11. The quantitative estimate of drug-likeness (QED) is 0.818. The van der Waals surface area contributed by atoms with Crippen LogP contribution in [0.3, 0.4) is 0 Å². The number of urea groups is 1. The Balaban J connectivity index is 1.28. The fourth-order valence-electron chi connectivity index (χ4n) is 4.82. The lowest BCUT2D eigenvalue weighted by molar-refractivity contribution is -0.137. The number of hydrogen-bond donors (Lipinski definition) is 1. The van der Waals surface area contributed by atoms with Gasteiger partial charge in [-0.25, -0.2) is 4.79 Å². The zero-order chi connectivity index (χ0) is 20.2. The highest BCUT2D eigenvalue weighted by Gasteiger charge is 2.33. The van der Waals surface area contributed by atoms with Crippen LogP contribution in [0.15, 0.2) is 24.3 Å². The zero-order valence-electron chi connectivity index (χ0n) is 17.0. The van der Waals surface area contributed by atoms with Crippen molar-refractivity contribution in [2.75, 3.05) is 44.2 Å². The molecule has 4 rings (SSSR count). The summed E-state index contributed by atoms with van der Waals surface area (Å²) in [6.45, 7) is 4.36. The molecule has 29 heavy (non-hydrogen) atoms. The molecule has 1 N–H and O–H groups in total. The third-order valence-electron chi connectivity index (χ3n) is 6.51. The van der Waals surface area contributed by atoms with Crippen LogP contribution in [0.25, 0.3) is 0 Å². The van der Waals surface area contributed by atoms with Crippen LogP contribution in [0, 0.1) is 5.92 Å². The van der Waals surface area contributed by atoms with Crippen molar-refractivity contribution >= 4 is 29.2 Å². The van der Waals surface area contributed by atoms with Crippen molar-refractivity contribution in [1.82, 2.24) is 15.1 Å². The van der Waals surface area contributed by atoms with Gasteiger partial charge in [-0.1, -0.05) is 30.5 Å². The van der Waals surface area contributed by atoms with Crippen LogP contribution in [-0.2, 0) is 4.79 Å². The third-order valence-corrected chi connectivity index (χ3v) is 6.74. The summed E-state index contributed by atoms with van der Waals surface area (Å²) >= 11 is 6.11. The monoisotopic (exact) mass is 418 g/mol. The van der Waals surface area contributed by atoms with Gasteiger partial charge in [0.25, 0.3) is 0 Å². The maximum absolute atomic E-state index is 13.1. The minimum atomic E-state index is -0.0733. The lowest BCUT2D eigenvalue weighted by atomic mass is 9.96. The van der Waals surface area contributed by atoms with E-state index >= 15 is 0 Å². The summed E-state index contributed by atoms with van der Waals surface area (Å²) in [5.74, 6) is 0.130. The first-order valence-corrected chi connectivity index (χ1v) is 11.3. The van der Waals surface area contributed by atoms with E-state index in [1.165, 1.54) is 12.8 Å². The number of carbonyl (C=O) groups is 2. The molecule has 6 nitrogen and oxygen atoms in total. The fourth-order valence-corrected chi connectivity index (χ4v) is 5.00. The number of piperidine rings is 1. The number of piperazine rings is 1. The molecule has 1 atom stereocenters. The number of anilines is 1. The molecule has 7 heteroatoms. The van der Waals surface area contributed by atoms with Gasteiger partial charge in [0, 0.05) is 56.0 Å². The predicted molar refractivity (Wildman–Crippen MR) is 115 cm³/mol. The lowest BCUT2D eigenvalue weighted by Crippen LogP contribution is -2.54. The second-order valence-corrected chi connectivity index (χ2v) is 8.94. The average Bonchev–Trinajstić information content (AvgIpc) is 3.26. The number of amides is 3.